The van der Waals surface area contributed by atoms with Gasteiger partial charge in [-0.2, -0.15) is 18.2 Å². The number of nitrogens with zero attached hydrogens (tertiary/aromatic N) is 3. The van der Waals surface area contributed by atoms with Crippen LogP contribution >= 0.6 is 0 Å². The number of hydrogen-bond donors (Lipinski definition) is 4. The topological polar surface area (TPSA) is 104 Å². The van der Waals surface area contributed by atoms with Gasteiger partial charge in [-0.25, -0.2) is 4.98 Å². The van der Waals surface area contributed by atoms with Crippen LogP contribution in [0.25, 0.3) is 0 Å². The van der Waals surface area contributed by atoms with E-state index >= 15 is 0 Å². The van der Waals surface area contributed by atoms with Crippen molar-refractivity contribution in [1.82, 2.24) is 25.6 Å². The van der Waals surface area contributed by atoms with Gasteiger partial charge >= 0.3 is 6.18 Å². The molecule has 1 fully saturated rings. The Kier molecular flexibility index (Phi) is 6.67. The molecule has 1 aliphatic carbocycles. The molecule has 3 aromatic rings. The van der Waals surface area contributed by atoms with E-state index in [4.69, 9.17) is 0 Å². The second kappa shape index (κ2) is 9.92. The minimum absolute atomic E-state index is 0.00146. The van der Waals surface area contributed by atoms with Crippen molar-refractivity contribution in [2.75, 3.05) is 30.4 Å². The number of aromatic nitrogens is 3. The van der Waals surface area contributed by atoms with E-state index in [1.807, 2.05) is 23.5 Å². The Hall–Kier alpha value is -3.80. The second-order valence-corrected chi connectivity index (χ2v) is 9.26. The predicted octanol–water partition coefficient (Wildman–Crippen LogP) is 4.30. The first-order valence-electron chi connectivity index (χ1n) is 11.9. The fourth-order valence-corrected chi connectivity index (χ4v) is 4.21. The highest BCUT2D eigenvalue weighted by molar-refractivity contribution is 5.99. The highest BCUT2D eigenvalue weighted by Crippen LogP contribution is 2.48. The molecule has 0 atom stereocenters. The van der Waals surface area contributed by atoms with Gasteiger partial charge in [-0.3, -0.25) is 14.2 Å². The number of alkyl halides is 4. The van der Waals surface area contributed by atoms with Crippen LogP contribution in [0.4, 0.5) is 40.7 Å². The lowest BCUT2D eigenvalue weighted by Gasteiger charge is -2.18. The van der Waals surface area contributed by atoms with Crippen molar-refractivity contribution in [1.29, 1.82) is 0 Å². The molecule has 0 bridgehead atoms. The average Bonchev–Trinajstić information content (AvgIpc) is 3.69. The first kappa shape index (κ1) is 24.9. The monoisotopic (exact) mass is 515 g/mol. The summed E-state index contributed by atoms with van der Waals surface area (Å²) in [5.74, 6) is -0.827. The van der Waals surface area contributed by atoms with E-state index in [0.717, 1.165) is 31.4 Å². The lowest BCUT2D eigenvalue weighted by atomic mass is 10.0. The van der Waals surface area contributed by atoms with Crippen molar-refractivity contribution in [3.8, 4) is 0 Å². The van der Waals surface area contributed by atoms with E-state index in [1.165, 1.54) is 17.3 Å². The zero-order valence-electron chi connectivity index (χ0n) is 19.8. The zero-order valence-corrected chi connectivity index (χ0v) is 19.8. The van der Waals surface area contributed by atoms with Crippen LogP contribution in [0.2, 0.25) is 0 Å². The number of anilines is 4. The highest BCUT2D eigenvalue weighted by atomic mass is 19.4. The van der Waals surface area contributed by atoms with Gasteiger partial charge in [0.15, 0.2) is 0 Å². The number of rotatable bonds is 8. The normalized spacial score (nSPS) is 16.0. The van der Waals surface area contributed by atoms with Gasteiger partial charge in [0.1, 0.15) is 24.6 Å². The first-order valence-corrected chi connectivity index (χ1v) is 11.9. The van der Waals surface area contributed by atoms with Crippen molar-refractivity contribution in [3.05, 3.63) is 65.1 Å². The summed E-state index contributed by atoms with van der Waals surface area (Å²) in [6.45, 7) is -0.361. The van der Waals surface area contributed by atoms with E-state index in [1.54, 1.807) is 12.1 Å². The Morgan fingerprint density at radius 1 is 1.05 bits per heavy atom. The quantitative estimate of drug-likeness (QED) is 0.332. The molecule has 0 unspecified atom stereocenters. The smallest absolute Gasteiger partial charge is 0.343 e. The summed E-state index contributed by atoms with van der Waals surface area (Å²) in [6.07, 6.45) is 0.351. The molecule has 37 heavy (non-hydrogen) atoms. The predicted molar refractivity (Wildman–Crippen MR) is 130 cm³/mol. The molecule has 1 aromatic carbocycles. The van der Waals surface area contributed by atoms with Crippen molar-refractivity contribution in [3.63, 3.8) is 0 Å². The molecule has 0 saturated heterocycles. The summed E-state index contributed by atoms with van der Waals surface area (Å²) in [5, 5.41) is 11.3. The average molecular weight is 516 g/mol. The third-order valence-corrected chi connectivity index (χ3v) is 6.51. The summed E-state index contributed by atoms with van der Waals surface area (Å²) in [6, 6.07) is 9.16. The van der Waals surface area contributed by atoms with Gasteiger partial charge in [0.25, 0.3) is 5.91 Å². The number of fused-ring (bicyclic) bond motifs is 1. The fraction of sp³-hybridized carbons (Fsp3) is 0.360. The number of nitrogens with one attached hydrogen (secondary N) is 4. The third-order valence-electron chi connectivity index (χ3n) is 6.51. The first-order chi connectivity index (χ1) is 17.7. The molecule has 0 radical (unpaired) electrons. The Labute approximate surface area is 210 Å². The molecule has 1 saturated carbocycles. The maximum absolute atomic E-state index is 13.6. The molecule has 1 aliphatic heterocycles. The van der Waals surface area contributed by atoms with Gasteiger partial charge in [0, 0.05) is 35.7 Å². The Morgan fingerprint density at radius 2 is 1.86 bits per heavy atom. The van der Waals surface area contributed by atoms with Crippen molar-refractivity contribution >= 4 is 29.0 Å². The van der Waals surface area contributed by atoms with Crippen LogP contribution in [0.3, 0.4) is 0 Å². The van der Waals surface area contributed by atoms with Crippen LogP contribution in [0.1, 0.15) is 40.0 Å². The third kappa shape index (κ3) is 5.79. The van der Waals surface area contributed by atoms with Crippen molar-refractivity contribution < 1.29 is 22.4 Å². The van der Waals surface area contributed by atoms with Gasteiger partial charge in [0.05, 0.1) is 5.69 Å². The van der Waals surface area contributed by atoms with E-state index in [2.05, 4.69) is 30.9 Å². The number of carbonyl (C=O) groups excluding carboxylic acids is 1. The molecular weight excluding hydrogens is 490 g/mol. The van der Waals surface area contributed by atoms with Gasteiger partial charge in [0.2, 0.25) is 5.95 Å². The van der Waals surface area contributed by atoms with E-state index in [9.17, 15) is 22.4 Å². The maximum atomic E-state index is 13.6. The van der Waals surface area contributed by atoms with Gasteiger partial charge < -0.3 is 21.3 Å². The second-order valence-electron chi connectivity index (χ2n) is 9.26. The largest absolute Gasteiger partial charge is 0.405 e. The molecule has 5 rings (SSSR count). The molecular formula is C25H25F4N7O. The van der Waals surface area contributed by atoms with Crippen LogP contribution in [0.15, 0.2) is 42.7 Å². The number of halogens is 4. The summed E-state index contributed by atoms with van der Waals surface area (Å²) >= 11 is 0. The zero-order chi connectivity index (χ0) is 26.0. The van der Waals surface area contributed by atoms with Gasteiger partial charge in [-0.15, -0.1) is 0 Å². The van der Waals surface area contributed by atoms with Gasteiger partial charge in [-0.05, 0) is 61.2 Å². The van der Waals surface area contributed by atoms with E-state index < -0.39 is 30.7 Å². The molecule has 2 aromatic heterocycles. The van der Waals surface area contributed by atoms with Crippen molar-refractivity contribution in [2.24, 2.45) is 0 Å². The maximum Gasteiger partial charge on any atom is 0.405 e. The van der Waals surface area contributed by atoms with Crippen LogP contribution in [0.5, 0.6) is 0 Å². The Morgan fingerprint density at radius 3 is 2.62 bits per heavy atom. The number of carbonyl (C=O) groups is 1. The summed E-state index contributed by atoms with van der Waals surface area (Å²) in [7, 11) is 0. The Bertz CT molecular complexity index is 1310. The minimum Gasteiger partial charge on any atom is -0.343 e. The van der Waals surface area contributed by atoms with Crippen LogP contribution < -0.4 is 21.3 Å². The standard InChI is InChI=1S/C25H25F4N7O/c26-13-24(5-6-24)20-10-18(4-8-31-20)34-21-19(22(37)33-14-25(27,28)29)12-32-23(36-21)35-17-2-1-16-11-30-7-3-15(16)9-17/h1-2,4,8-10,12,30H,3,5-7,11,13-14H2,(H,33,37)(H2,31,32,34,35,36). The van der Waals surface area contributed by atoms with Crippen LogP contribution in [-0.4, -0.2) is 46.8 Å². The molecule has 8 nitrogen and oxygen atoms in total. The molecule has 194 valence electrons. The molecule has 3 heterocycles. The van der Waals surface area contributed by atoms with Crippen LogP contribution in [-0.2, 0) is 18.4 Å². The molecule has 4 N–H and O–H groups in total. The van der Waals surface area contributed by atoms with Crippen molar-refractivity contribution in [2.45, 2.75) is 37.4 Å². The highest BCUT2D eigenvalue weighted by Gasteiger charge is 2.46. The lowest BCUT2D eigenvalue weighted by Crippen LogP contribution is -2.34. The van der Waals surface area contributed by atoms with E-state index in [0.29, 0.717) is 24.2 Å². The summed E-state index contributed by atoms with van der Waals surface area (Å²) in [5.41, 5.74) is 3.40. The van der Waals surface area contributed by atoms with E-state index in [-0.39, 0.29) is 17.3 Å². The molecule has 2 aliphatic rings. The van der Waals surface area contributed by atoms with Crippen LogP contribution in [0, 0.1) is 0 Å². The molecule has 1 amide bonds. The fourth-order valence-electron chi connectivity index (χ4n) is 4.21. The summed E-state index contributed by atoms with van der Waals surface area (Å²) < 4.78 is 51.6. The number of pyridine rings is 1. The Balaban J connectivity index is 1.43. The molecule has 0 spiro atoms. The SMILES string of the molecule is O=C(NCC(F)(F)F)c1cnc(Nc2ccc3c(c2)CCNC3)nc1Nc1ccnc(C2(CF)CC2)c1. The number of benzene rings is 1. The minimum atomic E-state index is -4.57. The number of amides is 1. The lowest BCUT2D eigenvalue weighted by molar-refractivity contribution is -0.123. The molecule has 12 heteroatoms. The number of hydrogen-bond acceptors (Lipinski definition) is 7. The van der Waals surface area contributed by atoms with Gasteiger partial charge in [-0.1, -0.05) is 6.07 Å². The summed E-state index contributed by atoms with van der Waals surface area (Å²) in [4.78, 5) is 25.4.